The molecule has 29 heavy (non-hydrogen) atoms. The minimum absolute atomic E-state index is 0.133. The number of anilines is 3. The van der Waals surface area contributed by atoms with E-state index in [9.17, 15) is 13.5 Å². The molecule has 0 aliphatic carbocycles. The number of sulfonamides is 1. The third-order valence-corrected chi connectivity index (χ3v) is 8.00. The third kappa shape index (κ3) is 4.39. The standard InChI is InChI=1S/C17H23N5O4S3/c1-17(2,3)13(11-7-6-8-26-11)19-15-14(20-28-21-15)18-10-9-27-16(12(10)23)29(24,25)22(4)5/h6-9,13,23H,1-5H3,(H,18,20)(H,19,21)/t13-/m0/s1. The Morgan fingerprint density at radius 1 is 1.24 bits per heavy atom. The summed E-state index contributed by atoms with van der Waals surface area (Å²) in [5.41, 5.74) is 0.0624. The SMILES string of the molecule is CN(C)S(=O)(=O)c1scc(Nc2nsnc2N[C@@H](c2ccco2)C(C)(C)C)c1O. The molecule has 0 saturated carbocycles. The molecule has 3 aromatic rings. The van der Waals surface area contributed by atoms with Crippen LogP contribution in [0.3, 0.4) is 0 Å². The molecule has 0 spiro atoms. The molecule has 0 amide bonds. The van der Waals surface area contributed by atoms with Crippen molar-refractivity contribution < 1.29 is 17.9 Å². The van der Waals surface area contributed by atoms with Gasteiger partial charge in [0.05, 0.1) is 29.7 Å². The Balaban J connectivity index is 1.88. The summed E-state index contributed by atoms with van der Waals surface area (Å²) >= 11 is 1.93. The number of aromatic nitrogens is 2. The first-order chi connectivity index (χ1) is 13.5. The van der Waals surface area contributed by atoms with Crippen molar-refractivity contribution in [1.29, 1.82) is 0 Å². The fourth-order valence-electron chi connectivity index (χ4n) is 2.57. The predicted octanol–water partition coefficient (Wildman–Crippen LogP) is 4.09. The van der Waals surface area contributed by atoms with Crippen LogP contribution in [0.15, 0.2) is 32.4 Å². The molecule has 158 valence electrons. The summed E-state index contributed by atoms with van der Waals surface area (Å²) in [5.74, 6) is 1.28. The lowest BCUT2D eigenvalue weighted by atomic mass is 9.85. The molecule has 0 bridgehead atoms. The Morgan fingerprint density at radius 3 is 2.52 bits per heavy atom. The van der Waals surface area contributed by atoms with Crippen molar-refractivity contribution in [2.45, 2.75) is 31.0 Å². The predicted molar refractivity (Wildman–Crippen MR) is 115 cm³/mol. The van der Waals surface area contributed by atoms with E-state index < -0.39 is 10.0 Å². The molecule has 0 aliphatic rings. The molecule has 3 aromatic heterocycles. The Morgan fingerprint density at radius 2 is 1.93 bits per heavy atom. The van der Waals surface area contributed by atoms with E-state index in [1.54, 1.807) is 6.26 Å². The van der Waals surface area contributed by atoms with Crippen molar-refractivity contribution in [3.05, 3.63) is 29.5 Å². The fourth-order valence-corrected chi connectivity index (χ4v) is 5.43. The molecule has 0 aromatic carbocycles. The van der Waals surface area contributed by atoms with Crippen molar-refractivity contribution in [2.24, 2.45) is 5.41 Å². The molecule has 3 heterocycles. The van der Waals surface area contributed by atoms with Gasteiger partial charge in [0.25, 0.3) is 10.0 Å². The Kier molecular flexibility index (Phi) is 5.90. The highest BCUT2D eigenvalue weighted by atomic mass is 32.2. The van der Waals surface area contributed by atoms with Gasteiger partial charge in [-0.15, -0.1) is 11.3 Å². The first-order valence-corrected chi connectivity index (χ1v) is 11.7. The quantitative estimate of drug-likeness (QED) is 0.485. The van der Waals surface area contributed by atoms with Gasteiger partial charge in [-0.25, -0.2) is 12.7 Å². The number of hydrogen-bond acceptors (Lipinski definition) is 10. The topological polar surface area (TPSA) is 121 Å². The third-order valence-electron chi connectivity index (χ3n) is 4.16. The van der Waals surface area contributed by atoms with E-state index in [-0.39, 0.29) is 27.1 Å². The van der Waals surface area contributed by atoms with Gasteiger partial charge in [0, 0.05) is 19.5 Å². The van der Waals surface area contributed by atoms with Gasteiger partial charge >= 0.3 is 0 Å². The van der Waals surface area contributed by atoms with E-state index in [1.165, 1.54) is 19.5 Å². The zero-order valence-corrected chi connectivity index (χ0v) is 19.1. The lowest BCUT2D eigenvalue weighted by molar-refractivity contribution is 0.304. The zero-order valence-electron chi connectivity index (χ0n) is 16.6. The number of nitrogens with one attached hydrogen (secondary N) is 2. The fraction of sp³-hybridized carbons (Fsp3) is 0.412. The van der Waals surface area contributed by atoms with Gasteiger partial charge in [-0.2, -0.15) is 8.75 Å². The van der Waals surface area contributed by atoms with E-state index in [0.29, 0.717) is 11.6 Å². The van der Waals surface area contributed by atoms with Crippen molar-refractivity contribution in [3.63, 3.8) is 0 Å². The maximum absolute atomic E-state index is 12.3. The minimum Gasteiger partial charge on any atom is -0.504 e. The smallest absolute Gasteiger partial charge is 0.255 e. The van der Waals surface area contributed by atoms with Crippen molar-refractivity contribution in [3.8, 4) is 5.75 Å². The molecular weight excluding hydrogens is 434 g/mol. The van der Waals surface area contributed by atoms with Crippen LogP contribution in [-0.2, 0) is 10.0 Å². The van der Waals surface area contributed by atoms with Crippen molar-refractivity contribution >= 4 is 50.4 Å². The molecule has 12 heteroatoms. The number of aromatic hydroxyl groups is 1. The molecular formula is C17H23N5O4S3. The van der Waals surface area contributed by atoms with E-state index in [4.69, 9.17) is 4.42 Å². The van der Waals surface area contributed by atoms with Gasteiger partial charge in [-0.05, 0) is 17.5 Å². The van der Waals surface area contributed by atoms with Crippen LogP contribution >= 0.6 is 23.1 Å². The van der Waals surface area contributed by atoms with Crippen LogP contribution < -0.4 is 10.6 Å². The number of nitrogens with zero attached hydrogens (tertiary/aromatic N) is 3. The minimum atomic E-state index is -3.74. The van der Waals surface area contributed by atoms with Gasteiger partial charge in [0.15, 0.2) is 21.6 Å². The summed E-state index contributed by atoms with van der Waals surface area (Å²) < 4.78 is 39.7. The van der Waals surface area contributed by atoms with Crippen LogP contribution in [0.5, 0.6) is 5.75 Å². The Labute approximate surface area is 177 Å². The Hall–Kier alpha value is -2.15. The van der Waals surface area contributed by atoms with Crippen LogP contribution in [-0.4, -0.2) is 40.7 Å². The monoisotopic (exact) mass is 457 g/mol. The highest BCUT2D eigenvalue weighted by Gasteiger charge is 2.31. The molecule has 9 nitrogen and oxygen atoms in total. The first-order valence-electron chi connectivity index (χ1n) is 8.64. The molecule has 1 atom stereocenters. The number of furan rings is 1. The van der Waals surface area contributed by atoms with Gasteiger partial charge in [-0.1, -0.05) is 20.8 Å². The van der Waals surface area contributed by atoms with Crippen LogP contribution in [0.25, 0.3) is 0 Å². The molecule has 0 unspecified atom stereocenters. The van der Waals surface area contributed by atoms with Gasteiger partial charge < -0.3 is 20.2 Å². The number of rotatable bonds is 7. The summed E-state index contributed by atoms with van der Waals surface area (Å²) in [4.78, 5) is 0. The van der Waals surface area contributed by atoms with Crippen molar-refractivity contribution in [2.75, 3.05) is 24.7 Å². The average molecular weight is 458 g/mol. The van der Waals surface area contributed by atoms with E-state index in [1.807, 2.05) is 12.1 Å². The maximum atomic E-state index is 12.3. The summed E-state index contributed by atoms with van der Waals surface area (Å²) in [5, 5.41) is 18.3. The van der Waals surface area contributed by atoms with Crippen LogP contribution in [0.2, 0.25) is 0 Å². The lowest BCUT2D eigenvalue weighted by Gasteiger charge is -2.30. The van der Waals surface area contributed by atoms with Crippen LogP contribution in [0.1, 0.15) is 32.6 Å². The van der Waals surface area contributed by atoms with E-state index >= 15 is 0 Å². The zero-order chi connectivity index (χ0) is 21.4. The second-order valence-electron chi connectivity index (χ2n) is 7.62. The summed E-state index contributed by atoms with van der Waals surface area (Å²) in [7, 11) is -0.919. The first kappa shape index (κ1) is 21.6. The molecule has 0 fully saturated rings. The highest BCUT2D eigenvalue weighted by Crippen LogP contribution is 2.42. The van der Waals surface area contributed by atoms with E-state index in [2.05, 4.69) is 40.2 Å². The Bertz CT molecular complexity index is 1070. The van der Waals surface area contributed by atoms with Crippen LogP contribution in [0, 0.1) is 5.41 Å². The second kappa shape index (κ2) is 7.94. The van der Waals surface area contributed by atoms with Crippen LogP contribution in [0.4, 0.5) is 17.3 Å². The maximum Gasteiger partial charge on any atom is 0.255 e. The van der Waals surface area contributed by atoms with Gasteiger partial charge in [0.2, 0.25) is 0 Å². The highest BCUT2D eigenvalue weighted by molar-refractivity contribution is 7.91. The van der Waals surface area contributed by atoms with Crippen molar-refractivity contribution in [1.82, 2.24) is 13.1 Å². The number of thiophene rings is 1. The average Bonchev–Trinajstić information content (AvgIpc) is 3.35. The summed E-state index contributed by atoms with van der Waals surface area (Å²) in [6.45, 7) is 6.22. The normalized spacial score (nSPS) is 13.6. The molecule has 0 saturated heterocycles. The summed E-state index contributed by atoms with van der Waals surface area (Å²) in [6.07, 6.45) is 1.62. The molecule has 3 rings (SSSR count). The molecule has 3 N–H and O–H groups in total. The largest absolute Gasteiger partial charge is 0.504 e. The molecule has 0 aliphatic heterocycles. The second-order valence-corrected chi connectivity index (χ2v) is 11.4. The number of hydrogen-bond donors (Lipinski definition) is 3. The summed E-state index contributed by atoms with van der Waals surface area (Å²) in [6, 6.07) is 3.53. The van der Waals surface area contributed by atoms with Gasteiger partial charge in [0.1, 0.15) is 5.76 Å². The molecule has 0 radical (unpaired) electrons. The lowest BCUT2D eigenvalue weighted by Crippen LogP contribution is -2.25. The van der Waals surface area contributed by atoms with Gasteiger partial charge in [-0.3, -0.25) is 0 Å². The van der Waals surface area contributed by atoms with E-state index in [0.717, 1.165) is 33.1 Å².